The van der Waals surface area contributed by atoms with Crippen molar-refractivity contribution in [2.45, 2.75) is 19.9 Å². The third kappa shape index (κ3) is 3.27. The summed E-state index contributed by atoms with van der Waals surface area (Å²) in [6, 6.07) is 1.45. The van der Waals surface area contributed by atoms with Crippen molar-refractivity contribution in [1.29, 1.82) is 5.26 Å². The van der Waals surface area contributed by atoms with Crippen molar-refractivity contribution in [3.63, 3.8) is 0 Å². The van der Waals surface area contributed by atoms with Crippen molar-refractivity contribution >= 4 is 5.91 Å². The molecule has 0 aromatic carbocycles. The fraction of sp³-hybridized carbons (Fsp3) is 0.500. The highest BCUT2D eigenvalue weighted by atomic mass is 16.1. The van der Waals surface area contributed by atoms with Gasteiger partial charge < -0.3 is 5.32 Å². The lowest BCUT2D eigenvalue weighted by molar-refractivity contribution is -0.116. The average molecular weight is 150 g/mol. The molecule has 0 saturated heterocycles. The van der Waals surface area contributed by atoms with Crippen molar-refractivity contribution < 1.29 is 4.79 Å². The van der Waals surface area contributed by atoms with Crippen LogP contribution in [-0.4, -0.2) is 11.9 Å². The standard InChI is InChI=1S/C8H10N2O/c1-4-8(11)10-7(5-9)6(2)3/h1,6-7H,2-3H3,(H,10,11)/t7-/m1/s1. The molecule has 0 radical (unpaired) electrons. The van der Waals surface area contributed by atoms with Crippen molar-refractivity contribution in [1.82, 2.24) is 5.32 Å². The molecule has 0 aliphatic heterocycles. The van der Waals surface area contributed by atoms with Gasteiger partial charge in [-0.3, -0.25) is 4.79 Å². The molecule has 0 spiro atoms. The van der Waals surface area contributed by atoms with Crippen LogP contribution in [0.15, 0.2) is 0 Å². The number of nitrogens with zero attached hydrogens (tertiary/aromatic N) is 1. The lowest BCUT2D eigenvalue weighted by atomic mass is 10.1. The first kappa shape index (κ1) is 9.52. The maximum absolute atomic E-state index is 10.6. The fourth-order valence-electron chi connectivity index (χ4n) is 0.531. The number of rotatable bonds is 2. The number of carbonyl (C=O) groups is 1. The molecule has 0 aliphatic rings. The molecule has 58 valence electrons. The van der Waals surface area contributed by atoms with Gasteiger partial charge in [-0.2, -0.15) is 5.26 Å². The third-order valence-corrected chi connectivity index (χ3v) is 1.22. The third-order valence-electron chi connectivity index (χ3n) is 1.22. The van der Waals surface area contributed by atoms with Crippen LogP contribution in [-0.2, 0) is 4.79 Å². The Morgan fingerprint density at radius 1 is 1.64 bits per heavy atom. The van der Waals surface area contributed by atoms with Crippen LogP contribution in [0.2, 0.25) is 0 Å². The molecule has 0 saturated carbocycles. The molecule has 1 atom stereocenters. The molecule has 0 aromatic rings. The molecular formula is C8H10N2O. The molecule has 3 heteroatoms. The number of nitrogens with one attached hydrogen (secondary N) is 1. The van der Waals surface area contributed by atoms with Gasteiger partial charge in [0.05, 0.1) is 6.07 Å². The van der Waals surface area contributed by atoms with E-state index >= 15 is 0 Å². The smallest absolute Gasteiger partial charge is 0.296 e. The topological polar surface area (TPSA) is 52.9 Å². The van der Waals surface area contributed by atoms with Gasteiger partial charge in [0.1, 0.15) is 6.04 Å². The summed E-state index contributed by atoms with van der Waals surface area (Å²) >= 11 is 0. The molecule has 11 heavy (non-hydrogen) atoms. The van der Waals surface area contributed by atoms with Gasteiger partial charge in [-0.05, 0) is 11.8 Å². The molecule has 0 unspecified atom stereocenters. The van der Waals surface area contributed by atoms with Gasteiger partial charge in [0, 0.05) is 0 Å². The van der Waals surface area contributed by atoms with Gasteiger partial charge >= 0.3 is 0 Å². The van der Waals surface area contributed by atoms with Crippen LogP contribution in [0, 0.1) is 29.6 Å². The van der Waals surface area contributed by atoms with Crippen LogP contribution >= 0.6 is 0 Å². The second-order valence-electron chi connectivity index (χ2n) is 2.47. The van der Waals surface area contributed by atoms with E-state index in [2.05, 4.69) is 5.32 Å². The zero-order chi connectivity index (χ0) is 8.85. The zero-order valence-corrected chi connectivity index (χ0v) is 6.59. The number of nitriles is 1. The highest BCUT2D eigenvalue weighted by Gasteiger charge is 2.12. The minimum Gasteiger partial charge on any atom is -0.329 e. The summed E-state index contributed by atoms with van der Waals surface area (Å²) in [6.45, 7) is 3.68. The Morgan fingerprint density at radius 3 is 2.45 bits per heavy atom. The van der Waals surface area contributed by atoms with E-state index in [1.807, 2.05) is 25.8 Å². The van der Waals surface area contributed by atoms with Gasteiger partial charge in [0.2, 0.25) is 0 Å². The number of hydrogen-bond acceptors (Lipinski definition) is 2. The van der Waals surface area contributed by atoms with Gasteiger partial charge in [-0.15, -0.1) is 6.42 Å². The highest BCUT2D eigenvalue weighted by Crippen LogP contribution is 1.98. The fourth-order valence-corrected chi connectivity index (χ4v) is 0.531. The number of carbonyl (C=O) groups excluding carboxylic acids is 1. The van der Waals surface area contributed by atoms with E-state index in [0.717, 1.165) is 0 Å². The van der Waals surface area contributed by atoms with Gasteiger partial charge in [0.15, 0.2) is 0 Å². The van der Waals surface area contributed by atoms with Crippen molar-refractivity contribution in [2.24, 2.45) is 5.92 Å². The quantitative estimate of drug-likeness (QED) is 0.575. The van der Waals surface area contributed by atoms with Gasteiger partial charge in [-0.1, -0.05) is 13.8 Å². The van der Waals surface area contributed by atoms with Crippen LogP contribution in [0.5, 0.6) is 0 Å². The van der Waals surface area contributed by atoms with E-state index in [-0.39, 0.29) is 5.92 Å². The first-order valence-electron chi connectivity index (χ1n) is 3.28. The molecule has 0 heterocycles. The lowest BCUT2D eigenvalue weighted by Crippen LogP contribution is -2.36. The monoisotopic (exact) mass is 150 g/mol. The van der Waals surface area contributed by atoms with E-state index < -0.39 is 11.9 Å². The number of hydrogen-bond donors (Lipinski definition) is 1. The summed E-state index contributed by atoms with van der Waals surface area (Å²) in [4.78, 5) is 10.6. The van der Waals surface area contributed by atoms with E-state index in [1.165, 1.54) is 0 Å². The Morgan fingerprint density at radius 2 is 2.18 bits per heavy atom. The summed E-state index contributed by atoms with van der Waals surface area (Å²) in [5, 5.41) is 10.9. The van der Waals surface area contributed by atoms with Crippen LogP contribution in [0.3, 0.4) is 0 Å². The summed E-state index contributed by atoms with van der Waals surface area (Å²) in [5.41, 5.74) is 0. The minimum absolute atomic E-state index is 0.0808. The van der Waals surface area contributed by atoms with Crippen LogP contribution in [0.25, 0.3) is 0 Å². The molecule has 0 aliphatic carbocycles. The Labute approximate surface area is 66.4 Å². The second-order valence-corrected chi connectivity index (χ2v) is 2.47. The maximum Gasteiger partial charge on any atom is 0.296 e. The van der Waals surface area contributed by atoms with Crippen molar-refractivity contribution in [2.75, 3.05) is 0 Å². The molecule has 0 fully saturated rings. The predicted octanol–water partition coefficient (Wildman–Crippen LogP) is 0.284. The highest BCUT2D eigenvalue weighted by molar-refractivity contribution is 5.93. The number of amides is 1. The van der Waals surface area contributed by atoms with E-state index in [9.17, 15) is 4.79 Å². The second kappa shape index (κ2) is 4.35. The predicted molar refractivity (Wildman–Crippen MR) is 41.2 cm³/mol. The lowest BCUT2D eigenvalue weighted by Gasteiger charge is -2.11. The minimum atomic E-state index is -0.537. The number of terminal acetylenes is 1. The first-order chi connectivity index (χ1) is 5.11. The molecule has 0 rings (SSSR count). The van der Waals surface area contributed by atoms with Crippen LogP contribution < -0.4 is 5.32 Å². The molecule has 3 nitrogen and oxygen atoms in total. The summed E-state index contributed by atoms with van der Waals surface area (Å²) < 4.78 is 0. The Kier molecular flexibility index (Phi) is 3.77. The molecular weight excluding hydrogens is 140 g/mol. The summed E-state index contributed by atoms with van der Waals surface area (Å²) in [7, 11) is 0. The molecule has 1 amide bonds. The summed E-state index contributed by atoms with van der Waals surface area (Å²) in [6.07, 6.45) is 4.80. The van der Waals surface area contributed by atoms with Crippen molar-refractivity contribution in [3.05, 3.63) is 0 Å². The normalized spacial score (nSPS) is 11.4. The Bertz CT molecular complexity index is 219. The van der Waals surface area contributed by atoms with Gasteiger partial charge in [0.25, 0.3) is 5.91 Å². The Balaban J connectivity index is 4.04. The van der Waals surface area contributed by atoms with Crippen molar-refractivity contribution in [3.8, 4) is 18.4 Å². The van der Waals surface area contributed by atoms with E-state index in [0.29, 0.717) is 0 Å². The van der Waals surface area contributed by atoms with Crippen LogP contribution in [0.1, 0.15) is 13.8 Å². The maximum atomic E-state index is 10.6. The molecule has 0 bridgehead atoms. The van der Waals surface area contributed by atoms with Gasteiger partial charge in [-0.25, -0.2) is 0 Å². The SMILES string of the molecule is C#CC(=O)N[C@H](C#N)C(C)C. The van der Waals surface area contributed by atoms with Crippen LogP contribution in [0.4, 0.5) is 0 Å². The molecule has 1 N–H and O–H groups in total. The Hall–Kier alpha value is -1.48. The summed E-state index contributed by atoms with van der Waals surface area (Å²) in [5.74, 6) is 1.43. The zero-order valence-electron chi connectivity index (χ0n) is 6.59. The average Bonchev–Trinajstić information content (AvgIpc) is 1.99. The molecule has 0 aromatic heterocycles. The van der Waals surface area contributed by atoms with E-state index in [1.54, 1.807) is 0 Å². The van der Waals surface area contributed by atoms with E-state index in [4.69, 9.17) is 11.7 Å². The largest absolute Gasteiger partial charge is 0.329 e. The first-order valence-corrected chi connectivity index (χ1v) is 3.28.